The van der Waals surface area contributed by atoms with Crippen LogP contribution in [0.2, 0.25) is 0 Å². The molecule has 2 amide bonds. The number of rotatable bonds is 3. The molecule has 1 N–H and O–H groups in total. The fraction of sp³-hybridized carbons (Fsp3) is 0.533. The lowest BCUT2D eigenvalue weighted by Gasteiger charge is -2.35. The third kappa shape index (κ3) is 4.24. The highest BCUT2D eigenvalue weighted by molar-refractivity contribution is 5.89. The summed E-state index contributed by atoms with van der Waals surface area (Å²) in [5.41, 5.74) is 0.858. The van der Waals surface area contributed by atoms with Gasteiger partial charge in [0, 0.05) is 38.4 Å². The summed E-state index contributed by atoms with van der Waals surface area (Å²) >= 11 is 0. The largest absolute Gasteiger partial charge is 0.322 e. The third-order valence-electron chi connectivity index (χ3n) is 3.31. The first-order valence-electron chi connectivity index (χ1n) is 6.98. The van der Waals surface area contributed by atoms with Crippen molar-refractivity contribution in [3.8, 4) is 0 Å². The molecule has 0 spiro atoms. The van der Waals surface area contributed by atoms with Gasteiger partial charge in [-0.15, -0.1) is 0 Å². The number of para-hydroxylation sites is 1. The van der Waals surface area contributed by atoms with Crippen molar-refractivity contribution in [2.75, 3.05) is 38.0 Å². The zero-order valence-electron chi connectivity index (χ0n) is 11.8. The summed E-state index contributed by atoms with van der Waals surface area (Å²) in [6, 6.07) is 9.63. The smallest absolute Gasteiger partial charge is 0.321 e. The van der Waals surface area contributed by atoms with Gasteiger partial charge < -0.3 is 10.2 Å². The maximum atomic E-state index is 12.1. The van der Waals surface area contributed by atoms with Crippen LogP contribution in [0.15, 0.2) is 30.3 Å². The van der Waals surface area contributed by atoms with E-state index >= 15 is 0 Å². The Hall–Kier alpha value is -1.55. The monoisotopic (exact) mass is 261 g/mol. The van der Waals surface area contributed by atoms with Gasteiger partial charge in [-0.25, -0.2) is 4.79 Å². The normalized spacial score (nSPS) is 16.7. The van der Waals surface area contributed by atoms with Crippen LogP contribution in [0.3, 0.4) is 0 Å². The molecule has 1 saturated heterocycles. The Morgan fingerprint density at radius 1 is 1.16 bits per heavy atom. The summed E-state index contributed by atoms with van der Waals surface area (Å²) < 4.78 is 0. The van der Waals surface area contributed by atoms with Crippen LogP contribution in [0.4, 0.5) is 10.5 Å². The molecule has 1 aromatic carbocycles. The van der Waals surface area contributed by atoms with Gasteiger partial charge in [0.2, 0.25) is 0 Å². The average molecular weight is 261 g/mol. The van der Waals surface area contributed by atoms with Gasteiger partial charge in [0.15, 0.2) is 0 Å². The molecule has 4 heteroatoms. The molecule has 19 heavy (non-hydrogen) atoms. The van der Waals surface area contributed by atoms with Crippen LogP contribution in [0.25, 0.3) is 0 Å². The first-order chi connectivity index (χ1) is 9.15. The molecule has 1 aliphatic rings. The molecular formula is C15H23N3O. The fourth-order valence-electron chi connectivity index (χ4n) is 2.37. The van der Waals surface area contributed by atoms with Crippen LogP contribution in [0, 0.1) is 5.92 Å². The van der Waals surface area contributed by atoms with Crippen molar-refractivity contribution in [3.63, 3.8) is 0 Å². The zero-order chi connectivity index (χ0) is 13.7. The topological polar surface area (TPSA) is 35.6 Å². The van der Waals surface area contributed by atoms with Crippen molar-refractivity contribution >= 4 is 11.7 Å². The lowest BCUT2D eigenvalue weighted by Crippen LogP contribution is -2.50. The molecular weight excluding hydrogens is 238 g/mol. The molecule has 0 atom stereocenters. The summed E-state index contributed by atoms with van der Waals surface area (Å²) in [5.74, 6) is 0.685. The SMILES string of the molecule is CC(C)CN1CCN(C(=O)Nc2ccccc2)CC1. The highest BCUT2D eigenvalue weighted by Crippen LogP contribution is 2.09. The number of carbonyl (C=O) groups excluding carboxylic acids is 1. The van der Waals surface area contributed by atoms with Gasteiger partial charge in [-0.05, 0) is 18.1 Å². The minimum atomic E-state index is 0.00963. The molecule has 1 heterocycles. The second-order valence-corrected chi connectivity index (χ2v) is 5.48. The van der Waals surface area contributed by atoms with Crippen LogP contribution < -0.4 is 5.32 Å². The van der Waals surface area contributed by atoms with Crippen molar-refractivity contribution in [2.45, 2.75) is 13.8 Å². The van der Waals surface area contributed by atoms with E-state index in [1.807, 2.05) is 35.2 Å². The van der Waals surface area contributed by atoms with E-state index in [0.29, 0.717) is 5.92 Å². The number of amides is 2. The minimum Gasteiger partial charge on any atom is -0.322 e. The lowest BCUT2D eigenvalue weighted by atomic mass is 10.2. The van der Waals surface area contributed by atoms with Crippen LogP contribution in [-0.4, -0.2) is 48.6 Å². The number of nitrogens with one attached hydrogen (secondary N) is 1. The summed E-state index contributed by atoms with van der Waals surface area (Å²) in [7, 11) is 0. The Morgan fingerprint density at radius 3 is 2.37 bits per heavy atom. The molecule has 0 aromatic heterocycles. The average Bonchev–Trinajstić information content (AvgIpc) is 2.40. The predicted molar refractivity (Wildman–Crippen MR) is 78.3 cm³/mol. The van der Waals surface area contributed by atoms with Crippen molar-refractivity contribution in [2.24, 2.45) is 5.92 Å². The number of benzene rings is 1. The second kappa shape index (κ2) is 6.57. The van der Waals surface area contributed by atoms with Crippen LogP contribution in [-0.2, 0) is 0 Å². The van der Waals surface area contributed by atoms with Crippen molar-refractivity contribution in [3.05, 3.63) is 30.3 Å². The van der Waals surface area contributed by atoms with E-state index in [-0.39, 0.29) is 6.03 Å². The molecule has 104 valence electrons. The maximum absolute atomic E-state index is 12.1. The number of urea groups is 1. The number of hydrogen-bond donors (Lipinski definition) is 1. The second-order valence-electron chi connectivity index (χ2n) is 5.48. The Morgan fingerprint density at radius 2 is 1.79 bits per heavy atom. The van der Waals surface area contributed by atoms with E-state index < -0.39 is 0 Å². The van der Waals surface area contributed by atoms with E-state index in [1.165, 1.54) is 0 Å². The highest BCUT2D eigenvalue weighted by atomic mass is 16.2. The number of hydrogen-bond acceptors (Lipinski definition) is 2. The Kier molecular flexibility index (Phi) is 4.80. The van der Waals surface area contributed by atoms with Crippen molar-refractivity contribution in [1.82, 2.24) is 9.80 Å². The first-order valence-corrected chi connectivity index (χ1v) is 6.98. The van der Waals surface area contributed by atoms with E-state index in [2.05, 4.69) is 24.1 Å². The van der Waals surface area contributed by atoms with E-state index in [0.717, 1.165) is 38.4 Å². The number of carbonyl (C=O) groups is 1. The number of piperazine rings is 1. The summed E-state index contributed by atoms with van der Waals surface area (Å²) in [4.78, 5) is 16.4. The molecule has 2 rings (SSSR count). The Balaban J connectivity index is 1.79. The Bertz CT molecular complexity index is 397. The van der Waals surface area contributed by atoms with Crippen LogP contribution in [0.5, 0.6) is 0 Å². The van der Waals surface area contributed by atoms with Gasteiger partial charge in [-0.3, -0.25) is 4.90 Å². The summed E-state index contributed by atoms with van der Waals surface area (Å²) in [5, 5.41) is 2.94. The quantitative estimate of drug-likeness (QED) is 0.907. The molecule has 1 aromatic rings. The number of nitrogens with zero attached hydrogens (tertiary/aromatic N) is 2. The molecule has 4 nitrogen and oxygen atoms in total. The zero-order valence-corrected chi connectivity index (χ0v) is 11.8. The molecule has 0 aliphatic carbocycles. The highest BCUT2D eigenvalue weighted by Gasteiger charge is 2.21. The van der Waals surface area contributed by atoms with Crippen LogP contribution >= 0.6 is 0 Å². The van der Waals surface area contributed by atoms with Gasteiger partial charge in [0.25, 0.3) is 0 Å². The summed E-state index contributed by atoms with van der Waals surface area (Å²) in [6.45, 7) is 9.15. The third-order valence-corrected chi connectivity index (χ3v) is 3.31. The molecule has 0 radical (unpaired) electrons. The molecule has 0 unspecified atom stereocenters. The summed E-state index contributed by atoms with van der Waals surface area (Å²) in [6.07, 6.45) is 0. The Labute approximate surface area is 115 Å². The van der Waals surface area contributed by atoms with Gasteiger partial charge in [-0.1, -0.05) is 32.0 Å². The van der Waals surface area contributed by atoms with Crippen molar-refractivity contribution < 1.29 is 4.79 Å². The lowest BCUT2D eigenvalue weighted by molar-refractivity contribution is 0.138. The molecule has 1 aliphatic heterocycles. The number of anilines is 1. The molecule has 0 bridgehead atoms. The standard InChI is InChI=1S/C15H23N3O/c1-13(2)12-17-8-10-18(11-9-17)15(19)16-14-6-4-3-5-7-14/h3-7,13H,8-12H2,1-2H3,(H,16,19). The van der Waals surface area contributed by atoms with Gasteiger partial charge >= 0.3 is 6.03 Å². The van der Waals surface area contributed by atoms with E-state index in [4.69, 9.17) is 0 Å². The first kappa shape index (κ1) is 13.9. The van der Waals surface area contributed by atoms with Crippen LogP contribution in [0.1, 0.15) is 13.8 Å². The maximum Gasteiger partial charge on any atom is 0.321 e. The van der Waals surface area contributed by atoms with E-state index in [9.17, 15) is 4.79 Å². The van der Waals surface area contributed by atoms with E-state index in [1.54, 1.807) is 0 Å². The molecule has 0 saturated carbocycles. The predicted octanol–water partition coefficient (Wildman–Crippen LogP) is 2.49. The van der Waals surface area contributed by atoms with Crippen molar-refractivity contribution in [1.29, 1.82) is 0 Å². The molecule has 1 fully saturated rings. The van der Waals surface area contributed by atoms with Gasteiger partial charge in [0.05, 0.1) is 0 Å². The fourth-order valence-corrected chi connectivity index (χ4v) is 2.37. The van der Waals surface area contributed by atoms with Gasteiger partial charge in [0.1, 0.15) is 0 Å². The minimum absolute atomic E-state index is 0.00963. The van der Waals surface area contributed by atoms with Gasteiger partial charge in [-0.2, -0.15) is 0 Å².